The Morgan fingerprint density at radius 3 is 2.80 bits per heavy atom. The normalized spacial score (nSPS) is 19.2. The average Bonchev–Trinajstić information content (AvgIpc) is 2.68. The largest absolute Gasteiger partial charge is 0.447 e. The van der Waals surface area contributed by atoms with Crippen LogP contribution >= 0.6 is 0 Å². The molecule has 3 heteroatoms. The van der Waals surface area contributed by atoms with Gasteiger partial charge in [-0.3, -0.25) is 4.79 Å². The van der Waals surface area contributed by atoms with Crippen LogP contribution in [0, 0.1) is 17.2 Å². The second-order valence-electron chi connectivity index (χ2n) is 2.48. The van der Waals surface area contributed by atoms with Crippen LogP contribution in [-0.2, 0) is 9.53 Å². The Balaban J connectivity index is 2.24. The van der Waals surface area contributed by atoms with Crippen LogP contribution in [0.5, 0.6) is 0 Å². The van der Waals surface area contributed by atoms with Crippen LogP contribution in [0.3, 0.4) is 0 Å². The van der Waals surface area contributed by atoms with Crippen molar-refractivity contribution in [2.45, 2.75) is 25.9 Å². The highest BCUT2D eigenvalue weighted by atomic mass is 16.5. The third kappa shape index (κ3) is 1.73. The molecule has 0 aliphatic heterocycles. The molecule has 0 spiro atoms. The average molecular weight is 139 g/mol. The van der Waals surface area contributed by atoms with Gasteiger partial charge in [-0.05, 0) is 19.8 Å². The zero-order valence-electron chi connectivity index (χ0n) is 5.83. The molecule has 0 aromatic rings. The van der Waals surface area contributed by atoms with Gasteiger partial charge in [-0.25, -0.2) is 0 Å². The van der Waals surface area contributed by atoms with Gasteiger partial charge in [0, 0.05) is 0 Å². The molecule has 0 N–H and O–H groups in total. The van der Waals surface area contributed by atoms with Crippen LogP contribution in [0.1, 0.15) is 19.8 Å². The molecule has 10 heavy (non-hydrogen) atoms. The van der Waals surface area contributed by atoms with Gasteiger partial charge in [-0.15, -0.1) is 0 Å². The maximum atomic E-state index is 10.8. The minimum atomic E-state index is -0.590. The monoisotopic (exact) mass is 139 g/mol. The van der Waals surface area contributed by atoms with Gasteiger partial charge >= 0.3 is 5.97 Å². The van der Waals surface area contributed by atoms with E-state index in [4.69, 9.17) is 10.00 Å². The zero-order chi connectivity index (χ0) is 7.56. The molecular weight excluding hydrogens is 130 g/mol. The van der Waals surface area contributed by atoms with E-state index in [0.29, 0.717) is 0 Å². The SMILES string of the molecule is CC(C#N)OC(=O)C1CC1. The predicted octanol–water partition coefficient (Wildman–Crippen LogP) is 0.852. The lowest BCUT2D eigenvalue weighted by Gasteiger charge is -2.02. The summed E-state index contributed by atoms with van der Waals surface area (Å²) in [6, 6.07) is 1.84. The van der Waals surface area contributed by atoms with Gasteiger partial charge in [-0.2, -0.15) is 5.26 Å². The van der Waals surface area contributed by atoms with Crippen LogP contribution in [0.25, 0.3) is 0 Å². The Kier molecular flexibility index (Phi) is 1.91. The Hall–Kier alpha value is -1.04. The Bertz CT molecular complexity index is 179. The fourth-order valence-electron chi connectivity index (χ4n) is 0.616. The summed E-state index contributed by atoms with van der Waals surface area (Å²) >= 11 is 0. The zero-order valence-corrected chi connectivity index (χ0v) is 5.83. The van der Waals surface area contributed by atoms with Crippen molar-refractivity contribution in [1.82, 2.24) is 0 Å². The molecule has 0 radical (unpaired) electrons. The van der Waals surface area contributed by atoms with Crippen molar-refractivity contribution in [3.63, 3.8) is 0 Å². The van der Waals surface area contributed by atoms with Crippen molar-refractivity contribution < 1.29 is 9.53 Å². The number of carbonyl (C=O) groups is 1. The van der Waals surface area contributed by atoms with E-state index in [1.165, 1.54) is 0 Å². The van der Waals surface area contributed by atoms with Crippen LogP contribution < -0.4 is 0 Å². The summed E-state index contributed by atoms with van der Waals surface area (Å²) in [5, 5.41) is 8.26. The first-order chi connectivity index (χ1) is 4.74. The molecule has 0 aromatic carbocycles. The van der Waals surface area contributed by atoms with E-state index >= 15 is 0 Å². The van der Waals surface area contributed by atoms with E-state index in [9.17, 15) is 4.79 Å². The number of hydrogen-bond donors (Lipinski definition) is 0. The molecule has 1 saturated carbocycles. The maximum absolute atomic E-state index is 10.8. The summed E-state index contributed by atoms with van der Waals surface area (Å²) in [4.78, 5) is 10.8. The summed E-state index contributed by atoms with van der Waals surface area (Å²) in [6.07, 6.45) is 1.27. The fraction of sp³-hybridized carbons (Fsp3) is 0.714. The van der Waals surface area contributed by atoms with Crippen molar-refractivity contribution in [2.24, 2.45) is 5.92 Å². The van der Waals surface area contributed by atoms with Gasteiger partial charge in [0.15, 0.2) is 6.10 Å². The Morgan fingerprint density at radius 2 is 2.40 bits per heavy atom. The van der Waals surface area contributed by atoms with E-state index in [-0.39, 0.29) is 11.9 Å². The summed E-state index contributed by atoms with van der Waals surface area (Å²) in [5.41, 5.74) is 0. The summed E-state index contributed by atoms with van der Waals surface area (Å²) in [5.74, 6) is -0.121. The highest BCUT2D eigenvalue weighted by Gasteiger charge is 2.32. The van der Waals surface area contributed by atoms with Crippen LogP contribution in [0.4, 0.5) is 0 Å². The standard InChI is InChI=1S/C7H9NO2/c1-5(4-8)10-7(9)6-2-3-6/h5-6H,2-3H2,1H3. The molecule has 3 nitrogen and oxygen atoms in total. The maximum Gasteiger partial charge on any atom is 0.310 e. The minimum Gasteiger partial charge on any atom is -0.447 e. The lowest BCUT2D eigenvalue weighted by Crippen LogP contribution is -2.13. The van der Waals surface area contributed by atoms with Crippen LogP contribution in [0.2, 0.25) is 0 Å². The van der Waals surface area contributed by atoms with E-state index in [1.54, 1.807) is 6.92 Å². The molecule has 0 aromatic heterocycles. The molecular formula is C7H9NO2. The van der Waals surface area contributed by atoms with Crippen molar-refractivity contribution in [3.8, 4) is 6.07 Å². The molecule has 0 saturated heterocycles. The quantitative estimate of drug-likeness (QED) is 0.533. The highest BCUT2D eigenvalue weighted by Crippen LogP contribution is 2.30. The molecule has 1 aliphatic carbocycles. The molecule has 0 bridgehead atoms. The number of nitrogens with zero attached hydrogens (tertiary/aromatic N) is 1. The highest BCUT2D eigenvalue weighted by molar-refractivity contribution is 5.75. The van der Waals surface area contributed by atoms with Crippen molar-refractivity contribution in [3.05, 3.63) is 0 Å². The Labute approximate surface area is 59.6 Å². The first-order valence-electron chi connectivity index (χ1n) is 3.34. The van der Waals surface area contributed by atoms with Gasteiger partial charge in [0.05, 0.1) is 5.92 Å². The lowest BCUT2D eigenvalue weighted by atomic mass is 10.4. The van der Waals surface area contributed by atoms with E-state index in [2.05, 4.69) is 0 Å². The second-order valence-corrected chi connectivity index (χ2v) is 2.48. The number of nitriles is 1. The van der Waals surface area contributed by atoms with Crippen LogP contribution in [-0.4, -0.2) is 12.1 Å². The van der Waals surface area contributed by atoms with Crippen molar-refractivity contribution >= 4 is 5.97 Å². The van der Waals surface area contributed by atoms with E-state index in [0.717, 1.165) is 12.8 Å². The molecule has 1 fully saturated rings. The van der Waals surface area contributed by atoms with Gasteiger partial charge in [0.1, 0.15) is 6.07 Å². The van der Waals surface area contributed by atoms with E-state index in [1.807, 2.05) is 6.07 Å². The van der Waals surface area contributed by atoms with Gasteiger partial charge < -0.3 is 4.74 Å². The third-order valence-electron chi connectivity index (χ3n) is 1.39. The van der Waals surface area contributed by atoms with E-state index < -0.39 is 6.10 Å². The molecule has 1 aliphatic rings. The number of carbonyl (C=O) groups excluding carboxylic acids is 1. The van der Waals surface area contributed by atoms with Crippen molar-refractivity contribution in [2.75, 3.05) is 0 Å². The number of hydrogen-bond acceptors (Lipinski definition) is 3. The molecule has 1 unspecified atom stereocenters. The molecule has 1 atom stereocenters. The lowest BCUT2D eigenvalue weighted by molar-refractivity contribution is -0.147. The first-order valence-corrected chi connectivity index (χ1v) is 3.34. The fourth-order valence-corrected chi connectivity index (χ4v) is 0.616. The van der Waals surface area contributed by atoms with Gasteiger partial charge in [-0.1, -0.05) is 0 Å². The Morgan fingerprint density at radius 1 is 1.80 bits per heavy atom. The predicted molar refractivity (Wildman–Crippen MR) is 33.9 cm³/mol. The van der Waals surface area contributed by atoms with Gasteiger partial charge in [0.25, 0.3) is 0 Å². The molecule has 54 valence electrons. The summed E-state index contributed by atoms with van der Waals surface area (Å²) in [6.45, 7) is 1.57. The van der Waals surface area contributed by atoms with Crippen molar-refractivity contribution in [1.29, 1.82) is 5.26 Å². The number of rotatable bonds is 2. The minimum absolute atomic E-state index is 0.0933. The molecule has 1 rings (SSSR count). The number of esters is 1. The topological polar surface area (TPSA) is 50.1 Å². The van der Waals surface area contributed by atoms with Gasteiger partial charge in [0.2, 0.25) is 0 Å². The summed E-state index contributed by atoms with van der Waals surface area (Å²) in [7, 11) is 0. The summed E-state index contributed by atoms with van der Waals surface area (Å²) < 4.78 is 4.72. The molecule has 0 heterocycles. The second kappa shape index (κ2) is 2.70. The smallest absolute Gasteiger partial charge is 0.310 e. The van der Waals surface area contributed by atoms with Crippen LogP contribution in [0.15, 0.2) is 0 Å². The first kappa shape index (κ1) is 7.07. The third-order valence-corrected chi connectivity index (χ3v) is 1.39. The number of ether oxygens (including phenoxy) is 1. The molecule has 0 amide bonds.